The second kappa shape index (κ2) is 8.98. The van der Waals surface area contributed by atoms with Gasteiger partial charge in [0.1, 0.15) is 0 Å². The van der Waals surface area contributed by atoms with E-state index >= 15 is 0 Å². The Morgan fingerprint density at radius 1 is 1.08 bits per heavy atom. The predicted octanol–water partition coefficient (Wildman–Crippen LogP) is 0.852. The topological polar surface area (TPSA) is 131 Å². The third kappa shape index (κ3) is 3.83. The lowest BCUT2D eigenvalue weighted by molar-refractivity contribution is -0.126. The van der Waals surface area contributed by atoms with Crippen molar-refractivity contribution in [3.63, 3.8) is 0 Å². The Hall–Kier alpha value is -4.85. The molecule has 1 saturated heterocycles. The van der Waals surface area contributed by atoms with Crippen molar-refractivity contribution in [3.05, 3.63) is 66.8 Å². The molecule has 0 atom stereocenters. The molecule has 0 unspecified atom stereocenters. The van der Waals surface area contributed by atoms with Crippen LogP contribution in [0.25, 0.3) is 16.7 Å². The minimum Gasteiger partial charge on any atom is -0.357 e. The van der Waals surface area contributed by atoms with Gasteiger partial charge in [-0.25, -0.2) is 19.4 Å². The number of aromatic nitrogens is 6. The molecule has 0 radical (unpaired) electrons. The largest absolute Gasteiger partial charge is 0.357 e. The highest BCUT2D eigenvalue weighted by Crippen LogP contribution is 2.30. The maximum absolute atomic E-state index is 14.8. The molecule has 1 fully saturated rings. The zero-order chi connectivity index (χ0) is 25.5. The van der Waals surface area contributed by atoms with Gasteiger partial charge in [-0.1, -0.05) is 11.3 Å². The maximum Gasteiger partial charge on any atom is 0.295 e. The van der Waals surface area contributed by atoms with E-state index in [-0.39, 0.29) is 10.9 Å². The highest BCUT2D eigenvalue weighted by Gasteiger charge is 2.31. The maximum atomic E-state index is 14.8. The number of hydrogen-bond acceptors (Lipinski definition) is 10. The summed E-state index contributed by atoms with van der Waals surface area (Å²) in [5.74, 6) is -0.390. The average Bonchev–Trinajstić information content (AvgIpc) is 3.69. The van der Waals surface area contributed by atoms with E-state index in [1.807, 2.05) is 23.1 Å². The van der Waals surface area contributed by atoms with Crippen LogP contribution in [0.2, 0.25) is 0 Å². The number of amides is 1. The van der Waals surface area contributed by atoms with Crippen molar-refractivity contribution < 1.29 is 14.0 Å². The molecule has 37 heavy (non-hydrogen) atoms. The zero-order valence-electron chi connectivity index (χ0n) is 19.7. The summed E-state index contributed by atoms with van der Waals surface area (Å²) in [6.07, 6.45) is 9.12. The number of halogens is 1. The van der Waals surface area contributed by atoms with Crippen LogP contribution in [0.1, 0.15) is 10.4 Å². The van der Waals surface area contributed by atoms with E-state index in [0.717, 1.165) is 12.0 Å². The molecule has 2 N–H and O–H groups in total. The molecule has 6 rings (SSSR count). The molecule has 4 aromatic heterocycles. The van der Waals surface area contributed by atoms with Crippen molar-refractivity contribution in [3.8, 4) is 5.82 Å². The van der Waals surface area contributed by atoms with Crippen LogP contribution in [-0.2, 0) is 4.79 Å². The molecule has 0 bridgehead atoms. The Balaban J connectivity index is 1.20. The zero-order valence-corrected chi connectivity index (χ0v) is 19.7. The van der Waals surface area contributed by atoms with Crippen molar-refractivity contribution in [2.24, 2.45) is 0 Å². The number of nitrogens with one attached hydrogen (secondary N) is 2. The smallest absolute Gasteiger partial charge is 0.295 e. The normalized spacial score (nSPS) is 16.0. The van der Waals surface area contributed by atoms with Gasteiger partial charge in [0.15, 0.2) is 23.3 Å². The lowest BCUT2D eigenvalue weighted by atomic mass is 10.1. The number of pyridine rings is 2. The highest BCUT2D eigenvalue weighted by atomic mass is 19.1. The number of carbonyl (C=O) groups is 2. The number of rotatable bonds is 5. The van der Waals surface area contributed by atoms with E-state index in [1.165, 1.54) is 11.1 Å². The first-order valence-corrected chi connectivity index (χ1v) is 11.5. The Bertz CT molecular complexity index is 1510. The lowest BCUT2D eigenvalue weighted by Gasteiger charge is -2.35. The van der Waals surface area contributed by atoms with Gasteiger partial charge in [0.2, 0.25) is 0 Å². The number of fused-ring (bicyclic) bond motifs is 1. The van der Waals surface area contributed by atoms with Crippen LogP contribution in [0, 0.1) is 5.82 Å². The van der Waals surface area contributed by atoms with Crippen LogP contribution >= 0.6 is 0 Å². The summed E-state index contributed by atoms with van der Waals surface area (Å²) >= 11 is 0. The summed E-state index contributed by atoms with van der Waals surface area (Å²) in [5, 5.41) is 11.5. The molecule has 2 aliphatic heterocycles. The fourth-order valence-corrected chi connectivity index (χ4v) is 4.52. The fourth-order valence-electron chi connectivity index (χ4n) is 4.52. The Morgan fingerprint density at radius 2 is 1.92 bits per heavy atom. The van der Waals surface area contributed by atoms with Gasteiger partial charge in [0, 0.05) is 58.0 Å². The number of hydrazine groups is 2. The summed E-state index contributed by atoms with van der Waals surface area (Å²) in [7, 11) is 1.76. The highest BCUT2D eigenvalue weighted by molar-refractivity contribution is 6.45. The van der Waals surface area contributed by atoms with Crippen LogP contribution in [0.4, 0.5) is 16.0 Å². The molecule has 0 saturated carbocycles. The Morgan fingerprint density at radius 3 is 2.65 bits per heavy atom. The van der Waals surface area contributed by atoms with Crippen LogP contribution < -0.4 is 15.3 Å². The van der Waals surface area contributed by atoms with E-state index in [9.17, 15) is 14.0 Å². The second-order valence-electron chi connectivity index (χ2n) is 8.50. The summed E-state index contributed by atoms with van der Waals surface area (Å²) in [4.78, 5) is 41.3. The molecule has 2 aliphatic rings. The van der Waals surface area contributed by atoms with Gasteiger partial charge >= 0.3 is 0 Å². The van der Waals surface area contributed by atoms with Crippen molar-refractivity contribution in [2.45, 2.75) is 0 Å². The minimum atomic E-state index is -0.778. The molecule has 0 spiro atoms. The lowest BCUT2D eigenvalue weighted by Crippen LogP contribution is -2.51. The summed E-state index contributed by atoms with van der Waals surface area (Å²) < 4.78 is 16.5. The molecule has 4 aromatic rings. The summed E-state index contributed by atoms with van der Waals surface area (Å²) in [5.41, 5.74) is 3.24. The van der Waals surface area contributed by atoms with Crippen molar-refractivity contribution >= 4 is 34.2 Å². The van der Waals surface area contributed by atoms with Crippen LogP contribution in [0.3, 0.4) is 0 Å². The third-order valence-electron chi connectivity index (χ3n) is 6.39. The molecule has 1 amide bonds. The van der Waals surface area contributed by atoms with Crippen molar-refractivity contribution in [1.82, 2.24) is 45.4 Å². The van der Waals surface area contributed by atoms with E-state index in [1.54, 1.807) is 46.6 Å². The number of carbonyl (C=O) groups excluding carboxylic acids is 2. The molecule has 0 aliphatic carbocycles. The van der Waals surface area contributed by atoms with E-state index in [0.29, 0.717) is 43.3 Å². The predicted molar refractivity (Wildman–Crippen MR) is 131 cm³/mol. The monoisotopic (exact) mass is 503 g/mol. The van der Waals surface area contributed by atoms with Crippen LogP contribution in [-0.4, -0.2) is 84.9 Å². The minimum absolute atomic E-state index is 0.0280. The number of piperazine rings is 1. The summed E-state index contributed by atoms with van der Waals surface area (Å²) in [6, 6.07) is 5.50. The molecule has 0 aromatic carbocycles. The molecule has 6 heterocycles. The van der Waals surface area contributed by atoms with Gasteiger partial charge in [-0.3, -0.25) is 9.59 Å². The van der Waals surface area contributed by atoms with E-state index < -0.39 is 17.5 Å². The number of ketones is 1. The number of aromatic amines is 1. The van der Waals surface area contributed by atoms with Crippen LogP contribution in [0.5, 0.6) is 0 Å². The van der Waals surface area contributed by atoms with Gasteiger partial charge in [-0.15, -0.1) is 10.2 Å². The number of H-pyrrole nitrogens is 1. The first-order valence-electron chi connectivity index (χ1n) is 11.5. The van der Waals surface area contributed by atoms with Crippen molar-refractivity contribution in [2.75, 3.05) is 43.1 Å². The quantitative estimate of drug-likeness (QED) is 0.298. The molecular weight excluding hydrogens is 481 g/mol. The number of hydrogen-bond donors (Lipinski definition) is 2. The average molecular weight is 504 g/mol. The molecule has 14 heteroatoms. The Kier molecular flexibility index (Phi) is 5.49. The molecule has 188 valence electrons. The van der Waals surface area contributed by atoms with Gasteiger partial charge in [-0.2, -0.15) is 4.68 Å². The molecular formula is C23H22FN11O2. The van der Waals surface area contributed by atoms with Crippen LogP contribution in [0.15, 0.2) is 55.4 Å². The third-order valence-corrected chi connectivity index (χ3v) is 6.39. The second-order valence-corrected chi connectivity index (χ2v) is 8.50. The fraction of sp³-hybridized carbons (Fsp3) is 0.217. The Labute approximate surface area is 209 Å². The van der Waals surface area contributed by atoms with Gasteiger partial charge in [0.05, 0.1) is 28.9 Å². The number of Topliss-reactive ketones (excluding diaryl/α,β-unsaturated/α-hetero) is 1. The van der Waals surface area contributed by atoms with E-state index in [2.05, 4.69) is 30.7 Å². The summed E-state index contributed by atoms with van der Waals surface area (Å²) in [6.45, 7) is 1.56. The SMILES string of the molecule is CN1NC=CN1c1ncc(F)c2c(C(=O)C(=O)N3CCN(c4cnnn4-c4ccccn4)CC3)c[nH]c12. The first kappa shape index (κ1) is 22.6. The van der Waals surface area contributed by atoms with Gasteiger partial charge in [-0.05, 0) is 12.1 Å². The standard InChI is InChI=1S/C23H22FN11O2/c1-31-29-6-7-34(31)22-20-19(16(24)13-27-22)15(12-26-20)21(36)23(37)33-10-8-32(9-11-33)18-14-28-30-35(18)17-4-2-3-5-25-17/h2-7,12-14,26,29H,8-11H2,1H3. The first-order chi connectivity index (χ1) is 18.0. The van der Waals surface area contributed by atoms with Crippen molar-refractivity contribution in [1.29, 1.82) is 0 Å². The van der Waals surface area contributed by atoms with Gasteiger partial charge < -0.3 is 20.2 Å². The van der Waals surface area contributed by atoms with Gasteiger partial charge in [0.25, 0.3) is 11.7 Å². The number of anilines is 2. The van der Waals surface area contributed by atoms with E-state index in [4.69, 9.17) is 0 Å². The molecule has 13 nitrogen and oxygen atoms in total. The number of nitrogens with zero attached hydrogens (tertiary/aromatic N) is 9.